The van der Waals surface area contributed by atoms with E-state index in [0.717, 1.165) is 6.54 Å². The van der Waals surface area contributed by atoms with Crippen molar-refractivity contribution in [1.29, 1.82) is 0 Å². The van der Waals surface area contributed by atoms with Crippen molar-refractivity contribution in [2.45, 2.75) is 52.2 Å². The largest absolute Gasteiger partial charge is 0.371 e. The zero-order valence-electron chi connectivity index (χ0n) is 13.5. The van der Waals surface area contributed by atoms with Crippen LogP contribution in [0.15, 0.2) is 18.2 Å². The molecule has 1 aromatic carbocycles. The first-order valence-electron chi connectivity index (χ1n) is 7.52. The van der Waals surface area contributed by atoms with Crippen molar-refractivity contribution in [3.8, 4) is 0 Å². The van der Waals surface area contributed by atoms with Gasteiger partial charge in [0.15, 0.2) is 0 Å². The maximum absolute atomic E-state index is 3.55. The van der Waals surface area contributed by atoms with E-state index >= 15 is 0 Å². The standard InChI is InChI=1S/C17H28N2S/c1-13-10-14(11-18-17(2,3)4)6-7-16(13)19(5)15-8-9-20-12-15/h6-7,10,15,18H,8-9,11-12H2,1-5H3. The minimum atomic E-state index is 0.171. The van der Waals surface area contributed by atoms with Gasteiger partial charge in [0.1, 0.15) is 0 Å². The maximum Gasteiger partial charge on any atom is 0.0396 e. The summed E-state index contributed by atoms with van der Waals surface area (Å²) in [6.45, 7) is 9.79. The Morgan fingerprint density at radius 2 is 2.10 bits per heavy atom. The van der Waals surface area contributed by atoms with Crippen LogP contribution in [0.3, 0.4) is 0 Å². The summed E-state index contributed by atoms with van der Waals surface area (Å²) in [5.74, 6) is 2.57. The highest BCUT2D eigenvalue weighted by Gasteiger charge is 2.21. The van der Waals surface area contributed by atoms with Crippen LogP contribution in [-0.2, 0) is 6.54 Å². The van der Waals surface area contributed by atoms with E-state index in [-0.39, 0.29) is 5.54 Å². The lowest BCUT2D eigenvalue weighted by atomic mass is 10.1. The van der Waals surface area contributed by atoms with Gasteiger partial charge < -0.3 is 10.2 Å². The summed E-state index contributed by atoms with van der Waals surface area (Å²) in [5, 5.41) is 3.55. The summed E-state index contributed by atoms with van der Waals surface area (Å²) in [6.07, 6.45) is 1.31. The fourth-order valence-electron chi connectivity index (χ4n) is 2.61. The van der Waals surface area contributed by atoms with Gasteiger partial charge in [0.05, 0.1) is 0 Å². The van der Waals surface area contributed by atoms with Gasteiger partial charge >= 0.3 is 0 Å². The van der Waals surface area contributed by atoms with Crippen LogP contribution in [0.4, 0.5) is 5.69 Å². The van der Waals surface area contributed by atoms with E-state index in [2.05, 4.69) is 74.9 Å². The molecule has 1 N–H and O–H groups in total. The van der Waals surface area contributed by atoms with Crippen LogP contribution >= 0.6 is 11.8 Å². The van der Waals surface area contributed by atoms with Gasteiger partial charge in [-0.3, -0.25) is 0 Å². The van der Waals surface area contributed by atoms with E-state index in [1.165, 1.54) is 34.7 Å². The average molecular weight is 292 g/mol. The lowest BCUT2D eigenvalue weighted by Crippen LogP contribution is -2.35. The van der Waals surface area contributed by atoms with Crippen molar-refractivity contribution in [3.05, 3.63) is 29.3 Å². The molecule has 112 valence electrons. The molecule has 20 heavy (non-hydrogen) atoms. The van der Waals surface area contributed by atoms with Gasteiger partial charge in [-0.15, -0.1) is 0 Å². The molecule has 0 amide bonds. The molecule has 0 spiro atoms. The van der Waals surface area contributed by atoms with Crippen molar-refractivity contribution < 1.29 is 0 Å². The van der Waals surface area contributed by atoms with Crippen molar-refractivity contribution in [2.75, 3.05) is 23.5 Å². The molecule has 2 rings (SSSR count). The average Bonchev–Trinajstić information content (AvgIpc) is 2.88. The van der Waals surface area contributed by atoms with Gasteiger partial charge in [-0.2, -0.15) is 11.8 Å². The van der Waals surface area contributed by atoms with Crippen LogP contribution < -0.4 is 10.2 Å². The Morgan fingerprint density at radius 3 is 2.65 bits per heavy atom. The number of anilines is 1. The SMILES string of the molecule is Cc1cc(CNC(C)(C)C)ccc1N(C)C1CCSC1. The second kappa shape index (κ2) is 6.40. The molecule has 1 fully saturated rings. The van der Waals surface area contributed by atoms with Gasteiger partial charge in [-0.25, -0.2) is 0 Å². The third-order valence-corrected chi connectivity index (χ3v) is 5.06. The first-order chi connectivity index (χ1) is 9.37. The zero-order valence-corrected chi connectivity index (χ0v) is 14.3. The molecular formula is C17H28N2S. The summed E-state index contributed by atoms with van der Waals surface area (Å²) < 4.78 is 0. The molecule has 3 heteroatoms. The number of hydrogen-bond acceptors (Lipinski definition) is 3. The molecule has 1 heterocycles. The Labute approximate surface area is 128 Å². The molecule has 1 aromatic rings. The Balaban J connectivity index is 2.05. The second-order valence-electron chi connectivity index (χ2n) is 6.85. The molecule has 0 aromatic heterocycles. The van der Waals surface area contributed by atoms with Crippen molar-refractivity contribution in [1.82, 2.24) is 5.32 Å². The smallest absolute Gasteiger partial charge is 0.0396 e. The Hall–Kier alpha value is -0.670. The number of nitrogens with zero attached hydrogens (tertiary/aromatic N) is 1. The summed E-state index contributed by atoms with van der Waals surface area (Å²) in [6, 6.07) is 7.59. The third-order valence-electron chi connectivity index (χ3n) is 3.92. The van der Waals surface area contributed by atoms with Gasteiger partial charge in [0.25, 0.3) is 0 Å². The van der Waals surface area contributed by atoms with Crippen LogP contribution in [0, 0.1) is 6.92 Å². The van der Waals surface area contributed by atoms with Crippen molar-refractivity contribution >= 4 is 17.4 Å². The number of aryl methyl sites for hydroxylation is 1. The van der Waals surface area contributed by atoms with Crippen molar-refractivity contribution in [3.63, 3.8) is 0 Å². The predicted octanol–water partition coefficient (Wildman–Crippen LogP) is 3.82. The first kappa shape index (κ1) is 15.7. The Kier molecular flexibility index (Phi) is 5.03. The molecule has 1 atom stereocenters. The molecule has 0 radical (unpaired) electrons. The topological polar surface area (TPSA) is 15.3 Å². The lowest BCUT2D eigenvalue weighted by molar-refractivity contribution is 0.424. The first-order valence-corrected chi connectivity index (χ1v) is 8.67. The highest BCUT2D eigenvalue weighted by atomic mass is 32.2. The number of thioether (sulfide) groups is 1. The minimum absolute atomic E-state index is 0.171. The van der Waals surface area contributed by atoms with Crippen LogP contribution in [-0.4, -0.2) is 30.1 Å². The molecule has 0 bridgehead atoms. The molecule has 0 saturated carbocycles. The Bertz CT molecular complexity index is 445. The fraction of sp³-hybridized carbons (Fsp3) is 0.647. The number of hydrogen-bond donors (Lipinski definition) is 1. The highest BCUT2D eigenvalue weighted by molar-refractivity contribution is 7.99. The lowest BCUT2D eigenvalue weighted by Gasteiger charge is -2.28. The van der Waals surface area contributed by atoms with Crippen LogP contribution in [0.5, 0.6) is 0 Å². The molecule has 1 aliphatic heterocycles. The normalized spacial score (nSPS) is 19.4. The van der Waals surface area contributed by atoms with Crippen LogP contribution in [0.2, 0.25) is 0 Å². The number of rotatable bonds is 4. The summed E-state index contributed by atoms with van der Waals surface area (Å²) in [7, 11) is 2.24. The van der Waals surface area contributed by atoms with Crippen LogP contribution in [0.1, 0.15) is 38.3 Å². The molecule has 0 aliphatic carbocycles. The minimum Gasteiger partial charge on any atom is -0.371 e. The van der Waals surface area contributed by atoms with E-state index in [1.54, 1.807) is 0 Å². The maximum atomic E-state index is 3.55. The predicted molar refractivity (Wildman–Crippen MR) is 91.9 cm³/mol. The van der Waals surface area contributed by atoms with E-state index in [4.69, 9.17) is 0 Å². The monoisotopic (exact) mass is 292 g/mol. The number of benzene rings is 1. The van der Waals surface area contributed by atoms with E-state index < -0.39 is 0 Å². The molecule has 2 nitrogen and oxygen atoms in total. The second-order valence-corrected chi connectivity index (χ2v) is 8.00. The molecule has 1 saturated heterocycles. The number of nitrogens with one attached hydrogen (secondary N) is 1. The van der Waals surface area contributed by atoms with Gasteiger partial charge in [0, 0.05) is 36.6 Å². The van der Waals surface area contributed by atoms with Crippen LogP contribution in [0.25, 0.3) is 0 Å². The molecular weight excluding hydrogens is 264 g/mol. The van der Waals surface area contributed by atoms with Gasteiger partial charge in [-0.05, 0) is 57.1 Å². The van der Waals surface area contributed by atoms with E-state index in [0.29, 0.717) is 6.04 Å². The van der Waals surface area contributed by atoms with Gasteiger partial charge in [0.2, 0.25) is 0 Å². The van der Waals surface area contributed by atoms with E-state index in [9.17, 15) is 0 Å². The quantitative estimate of drug-likeness (QED) is 0.908. The third kappa shape index (κ3) is 4.16. The molecule has 1 unspecified atom stereocenters. The van der Waals surface area contributed by atoms with Crippen molar-refractivity contribution in [2.24, 2.45) is 0 Å². The Morgan fingerprint density at radius 1 is 1.35 bits per heavy atom. The summed E-state index contributed by atoms with van der Waals surface area (Å²) in [4.78, 5) is 2.47. The fourth-order valence-corrected chi connectivity index (χ4v) is 3.88. The summed E-state index contributed by atoms with van der Waals surface area (Å²) in [5.41, 5.74) is 4.31. The zero-order chi connectivity index (χ0) is 14.8. The highest BCUT2D eigenvalue weighted by Crippen LogP contribution is 2.28. The van der Waals surface area contributed by atoms with Gasteiger partial charge in [-0.1, -0.05) is 12.1 Å². The van der Waals surface area contributed by atoms with E-state index in [1.807, 2.05) is 0 Å². The summed E-state index contributed by atoms with van der Waals surface area (Å²) >= 11 is 2.07. The molecule has 1 aliphatic rings.